The molecular weight excluding hydrogens is 281 g/mol. The van der Waals surface area contributed by atoms with E-state index < -0.39 is 0 Å². The summed E-state index contributed by atoms with van der Waals surface area (Å²) in [7, 11) is 3.97. The number of rotatable bonds is 4. The zero-order valence-corrected chi connectivity index (χ0v) is 12.7. The molecule has 0 saturated heterocycles. The molecule has 0 aliphatic carbocycles. The Hall–Kier alpha value is -2.33. The van der Waals surface area contributed by atoms with Crippen LogP contribution in [0.5, 0.6) is 11.5 Å². The van der Waals surface area contributed by atoms with E-state index >= 15 is 0 Å². The fourth-order valence-electron chi connectivity index (χ4n) is 2.27. The monoisotopic (exact) mass is 299 g/mol. The smallest absolute Gasteiger partial charge is 0.138 e. The van der Waals surface area contributed by atoms with Crippen molar-refractivity contribution in [3.05, 3.63) is 59.4 Å². The first-order valence-corrected chi connectivity index (χ1v) is 7.19. The van der Waals surface area contributed by atoms with Gasteiger partial charge in [0.15, 0.2) is 0 Å². The Morgan fingerprint density at radius 2 is 1.91 bits per heavy atom. The normalized spacial score (nSPS) is 12.8. The fourth-order valence-corrected chi connectivity index (χ4v) is 2.27. The second-order valence-electron chi connectivity index (χ2n) is 5.44. The van der Waals surface area contributed by atoms with Gasteiger partial charge in [0.2, 0.25) is 0 Å². The minimum Gasteiger partial charge on any atom is -0.491 e. The van der Waals surface area contributed by atoms with Crippen molar-refractivity contribution in [1.29, 1.82) is 0 Å². The topological polar surface area (TPSA) is 21.7 Å². The molecule has 0 unspecified atom stereocenters. The first kappa shape index (κ1) is 14.6. The molecule has 3 nitrogen and oxygen atoms in total. The van der Waals surface area contributed by atoms with Gasteiger partial charge in [-0.25, -0.2) is 4.39 Å². The first-order valence-electron chi connectivity index (χ1n) is 7.19. The van der Waals surface area contributed by atoms with E-state index in [9.17, 15) is 4.39 Å². The van der Waals surface area contributed by atoms with E-state index in [2.05, 4.69) is 0 Å². The Morgan fingerprint density at radius 3 is 2.73 bits per heavy atom. The number of hydrogen-bond acceptors (Lipinski definition) is 3. The molecule has 0 spiro atoms. The lowest BCUT2D eigenvalue weighted by Gasteiger charge is -2.14. The van der Waals surface area contributed by atoms with Crippen molar-refractivity contribution in [3.63, 3.8) is 0 Å². The Morgan fingerprint density at radius 1 is 1.09 bits per heavy atom. The van der Waals surface area contributed by atoms with Crippen LogP contribution in [0.2, 0.25) is 0 Å². The standard InChI is InChI=1S/C18H18FNO2/c1-20(2)9-10-21-18-11-13-5-3-4-6-16(13)22-17-8-7-14(19)12-15(17)18/h3-8,11-12H,9-10H2,1-2H3. The summed E-state index contributed by atoms with van der Waals surface area (Å²) in [5.74, 6) is 1.65. The lowest BCUT2D eigenvalue weighted by molar-refractivity contribution is 0.233. The van der Waals surface area contributed by atoms with Gasteiger partial charge >= 0.3 is 0 Å². The molecule has 0 fully saturated rings. The molecule has 2 aromatic carbocycles. The Kier molecular flexibility index (Phi) is 4.11. The van der Waals surface area contributed by atoms with Crippen molar-refractivity contribution >= 4 is 11.8 Å². The maximum Gasteiger partial charge on any atom is 0.138 e. The average Bonchev–Trinajstić information content (AvgIpc) is 2.64. The second kappa shape index (κ2) is 6.20. The van der Waals surface area contributed by atoms with E-state index in [1.54, 1.807) is 6.07 Å². The second-order valence-corrected chi connectivity index (χ2v) is 5.44. The lowest BCUT2D eigenvalue weighted by atomic mass is 10.1. The summed E-state index contributed by atoms with van der Waals surface area (Å²) in [6, 6.07) is 12.2. The van der Waals surface area contributed by atoms with E-state index in [0.29, 0.717) is 23.7 Å². The van der Waals surface area contributed by atoms with Crippen LogP contribution in [0.15, 0.2) is 42.5 Å². The Labute approximate surface area is 129 Å². The van der Waals surface area contributed by atoms with Crippen LogP contribution >= 0.6 is 0 Å². The van der Waals surface area contributed by atoms with E-state index in [-0.39, 0.29) is 5.82 Å². The molecule has 0 N–H and O–H groups in total. The molecule has 4 heteroatoms. The third-order valence-corrected chi connectivity index (χ3v) is 3.43. The number of halogens is 1. The molecule has 0 saturated carbocycles. The van der Waals surface area contributed by atoms with Gasteiger partial charge in [-0.2, -0.15) is 0 Å². The molecular formula is C18H18FNO2. The number of ether oxygens (including phenoxy) is 2. The summed E-state index contributed by atoms with van der Waals surface area (Å²) in [4.78, 5) is 2.04. The molecule has 2 aromatic rings. The van der Waals surface area contributed by atoms with E-state index in [1.165, 1.54) is 12.1 Å². The third kappa shape index (κ3) is 3.12. The highest BCUT2D eigenvalue weighted by molar-refractivity contribution is 5.83. The van der Waals surface area contributed by atoms with Crippen molar-refractivity contribution in [1.82, 2.24) is 4.90 Å². The first-order chi connectivity index (χ1) is 10.6. The summed E-state index contributed by atoms with van der Waals surface area (Å²) in [6.45, 7) is 1.31. The average molecular weight is 299 g/mol. The molecule has 0 amide bonds. The van der Waals surface area contributed by atoms with Crippen LogP contribution < -0.4 is 4.74 Å². The van der Waals surface area contributed by atoms with E-state index in [1.807, 2.05) is 49.3 Å². The number of nitrogens with zero attached hydrogens (tertiary/aromatic N) is 1. The van der Waals surface area contributed by atoms with Crippen molar-refractivity contribution < 1.29 is 13.9 Å². The zero-order valence-electron chi connectivity index (χ0n) is 12.7. The SMILES string of the molecule is CN(C)CCOC1=Cc2ccccc2Oc2ccc(F)cc21. The summed E-state index contributed by atoms with van der Waals surface area (Å²) in [5.41, 5.74) is 1.55. The molecule has 22 heavy (non-hydrogen) atoms. The van der Waals surface area contributed by atoms with Crippen LogP contribution in [0.25, 0.3) is 11.8 Å². The molecule has 3 rings (SSSR count). The van der Waals surface area contributed by atoms with Gasteiger partial charge in [-0.05, 0) is 44.4 Å². The van der Waals surface area contributed by atoms with Gasteiger partial charge in [-0.15, -0.1) is 0 Å². The number of likely N-dealkylation sites (N-methyl/N-ethyl adjacent to an activating group) is 1. The highest BCUT2D eigenvalue weighted by Gasteiger charge is 2.18. The van der Waals surface area contributed by atoms with Crippen molar-refractivity contribution in [2.75, 3.05) is 27.2 Å². The van der Waals surface area contributed by atoms with Gasteiger partial charge in [0.05, 0.1) is 5.56 Å². The van der Waals surface area contributed by atoms with Crippen molar-refractivity contribution in [2.45, 2.75) is 0 Å². The molecule has 1 heterocycles. The van der Waals surface area contributed by atoms with Gasteiger partial charge in [0.25, 0.3) is 0 Å². The van der Waals surface area contributed by atoms with Crippen molar-refractivity contribution in [3.8, 4) is 11.5 Å². The predicted molar refractivity (Wildman–Crippen MR) is 85.3 cm³/mol. The Balaban J connectivity index is 2.00. The number of para-hydroxylation sites is 1. The van der Waals surface area contributed by atoms with Gasteiger partial charge in [0.1, 0.15) is 29.7 Å². The van der Waals surface area contributed by atoms with Gasteiger partial charge in [-0.1, -0.05) is 18.2 Å². The van der Waals surface area contributed by atoms with Gasteiger partial charge < -0.3 is 14.4 Å². The van der Waals surface area contributed by atoms with Gasteiger partial charge in [-0.3, -0.25) is 0 Å². The largest absolute Gasteiger partial charge is 0.491 e. The van der Waals surface area contributed by atoms with Gasteiger partial charge in [0, 0.05) is 12.1 Å². The number of fused-ring (bicyclic) bond motifs is 2. The highest BCUT2D eigenvalue weighted by Crippen LogP contribution is 2.38. The number of benzene rings is 2. The molecule has 0 atom stereocenters. The summed E-state index contributed by atoms with van der Waals surface area (Å²) in [5, 5.41) is 0. The van der Waals surface area contributed by atoms with Crippen LogP contribution in [0.1, 0.15) is 11.1 Å². The zero-order chi connectivity index (χ0) is 15.5. The molecule has 114 valence electrons. The maximum atomic E-state index is 13.6. The summed E-state index contributed by atoms with van der Waals surface area (Å²) >= 11 is 0. The highest BCUT2D eigenvalue weighted by atomic mass is 19.1. The summed E-state index contributed by atoms with van der Waals surface area (Å²) in [6.07, 6.45) is 1.90. The molecule has 0 aromatic heterocycles. The Bertz CT molecular complexity index is 710. The lowest BCUT2D eigenvalue weighted by Crippen LogP contribution is -2.17. The van der Waals surface area contributed by atoms with Crippen LogP contribution in [0, 0.1) is 5.82 Å². The number of hydrogen-bond donors (Lipinski definition) is 0. The molecule has 1 aliphatic rings. The quantitative estimate of drug-likeness (QED) is 0.851. The van der Waals surface area contributed by atoms with Crippen LogP contribution in [-0.2, 0) is 4.74 Å². The van der Waals surface area contributed by atoms with E-state index in [0.717, 1.165) is 17.9 Å². The molecule has 0 bridgehead atoms. The third-order valence-electron chi connectivity index (χ3n) is 3.43. The van der Waals surface area contributed by atoms with Crippen LogP contribution in [-0.4, -0.2) is 32.1 Å². The minimum absolute atomic E-state index is 0.310. The van der Waals surface area contributed by atoms with Crippen molar-refractivity contribution in [2.24, 2.45) is 0 Å². The summed E-state index contributed by atoms with van der Waals surface area (Å²) < 4.78 is 25.4. The minimum atomic E-state index is -0.310. The predicted octanol–water partition coefficient (Wildman–Crippen LogP) is 4.01. The van der Waals surface area contributed by atoms with E-state index in [4.69, 9.17) is 9.47 Å². The molecule has 1 aliphatic heterocycles. The fraction of sp³-hybridized carbons (Fsp3) is 0.222. The van der Waals surface area contributed by atoms with Crippen LogP contribution in [0.3, 0.4) is 0 Å². The van der Waals surface area contributed by atoms with Crippen LogP contribution in [0.4, 0.5) is 4.39 Å². The molecule has 0 radical (unpaired) electrons. The maximum absolute atomic E-state index is 13.6.